The quantitative estimate of drug-likeness (QED) is 0.504. The molecule has 3 N–H and O–H groups in total. The molecule has 6 heteroatoms. The van der Waals surface area contributed by atoms with Crippen LogP contribution in [0.15, 0.2) is 11.1 Å². The zero-order chi connectivity index (χ0) is 7.84. The van der Waals surface area contributed by atoms with Gasteiger partial charge in [-0.2, -0.15) is 0 Å². The van der Waals surface area contributed by atoms with Gasteiger partial charge in [0, 0.05) is 22.6 Å². The van der Waals surface area contributed by atoms with Gasteiger partial charge in [0.2, 0.25) is 9.35 Å². The predicted molar refractivity (Wildman–Crippen MR) is 46.0 cm³/mol. The molecule has 0 aliphatic heterocycles. The summed E-state index contributed by atoms with van der Waals surface area (Å²) in [6.45, 7) is 0. The fraction of sp³-hybridized carbons (Fsp3) is 0. The smallest absolute Gasteiger partial charge is 0.310 e. The summed E-state index contributed by atoms with van der Waals surface area (Å²) < 4.78 is 0.700. The van der Waals surface area contributed by atoms with Gasteiger partial charge in [-0.25, -0.2) is 14.8 Å². The Labute approximate surface area is 74.4 Å². The molecule has 0 saturated carbocycles. The second-order valence-electron chi connectivity index (χ2n) is 2.01. The number of aromatic nitrogens is 4. The van der Waals surface area contributed by atoms with Crippen LogP contribution in [0.5, 0.6) is 0 Å². The molecule has 5 nitrogen and oxygen atoms in total. The first-order valence-electron chi connectivity index (χ1n) is 2.92. The van der Waals surface area contributed by atoms with Crippen molar-refractivity contribution in [2.24, 2.45) is 0 Å². The van der Waals surface area contributed by atoms with Crippen molar-refractivity contribution in [1.29, 1.82) is 0 Å². The first-order valence-corrected chi connectivity index (χ1v) is 4.00. The average Bonchev–Trinajstić information content (AvgIpc) is 2.31. The fourth-order valence-corrected chi connectivity index (χ4v) is 1.37. The molecule has 0 saturated heterocycles. The molecule has 2 aromatic heterocycles. The summed E-state index contributed by atoms with van der Waals surface area (Å²) >= 11 is 2.01. The fourth-order valence-electron chi connectivity index (χ4n) is 0.855. The van der Waals surface area contributed by atoms with Crippen LogP contribution in [0.3, 0.4) is 0 Å². The molecule has 2 heterocycles. The number of nitrogens with one attached hydrogen (secondary N) is 3. The Balaban J connectivity index is 3.02. The van der Waals surface area contributed by atoms with E-state index in [1.165, 1.54) is 6.33 Å². The third-order valence-corrected chi connectivity index (χ3v) is 1.83. The van der Waals surface area contributed by atoms with E-state index in [9.17, 15) is 4.79 Å². The van der Waals surface area contributed by atoms with Gasteiger partial charge in [0.05, 0.1) is 0 Å². The Kier molecular flexibility index (Phi) is 1.41. The maximum Gasteiger partial charge on any atom is 0.334 e. The highest BCUT2D eigenvalue weighted by Gasteiger charge is 2.09. The maximum absolute atomic E-state index is 11.0. The zero-order valence-corrected chi connectivity index (χ0v) is 7.47. The average molecular weight is 263 g/mol. The zero-order valence-electron chi connectivity index (χ0n) is 5.31. The van der Waals surface area contributed by atoms with Crippen LogP contribution in [0, 0.1) is 3.83 Å². The molecule has 0 amide bonds. The summed E-state index contributed by atoms with van der Waals surface area (Å²) in [5.41, 5.74) is 0.907. The van der Waals surface area contributed by atoms with E-state index in [0.29, 0.717) is 15.0 Å². The minimum Gasteiger partial charge on any atom is -0.310 e. The molecule has 0 atom stereocenters. The Bertz CT molecular complexity index is 445. The van der Waals surface area contributed by atoms with Gasteiger partial charge in [0.1, 0.15) is 0 Å². The summed E-state index contributed by atoms with van der Waals surface area (Å²) in [5.74, 6) is 0. The monoisotopic (exact) mass is 263 g/mol. The minimum absolute atomic E-state index is 0.158. The van der Waals surface area contributed by atoms with E-state index in [1.807, 2.05) is 22.6 Å². The van der Waals surface area contributed by atoms with E-state index in [1.54, 1.807) is 0 Å². The van der Waals surface area contributed by atoms with Crippen molar-refractivity contribution in [3.63, 3.8) is 0 Å². The van der Waals surface area contributed by atoms with Crippen LogP contribution in [-0.2, 0) is 0 Å². The molecule has 0 unspecified atom stereocenters. The molecular weight excluding hydrogens is 259 g/mol. The van der Waals surface area contributed by atoms with Crippen LogP contribution in [-0.4, -0.2) is 15.0 Å². The van der Waals surface area contributed by atoms with E-state index in [4.69, 9.17) is 0 Å². The molecule has 56 valence electrons. The van der Waals surface area contributed by atoms with Crippen molar-refractivity contribution in [3.05, 3.63) is 20.5 Å². The normalized spacial score (nSPS) is 10.6. The molecule has 0 aromatic carbocycles. The van der Waals surface area contributed by atoms with Crippen molar-refractivity contribution in [3.8, 4) is 0 Å². The van der Waals surface area contributed by atoms with Gasteiger partial charge in [-0.3, -0.25) is 0 Å². The van der Waals surface area contributed by atoms with E-state index >= 15 is 0 Å². The highest BCUT2D eigenvalue weighted by Crippen LogP contribution is 2.01. The molecule has 0 radical (unpaired) electrons. The van der Waals surface area contributed by atoms with Crippen molar-refractivity contribution < 1.29 is 4.98 Å². The van der Waals surface area contributed by atoms with Gasteiger partial charge in [-0.05, 0) is 0 Å². The molecule has 11 heavy (non-hydrogen) atoms. The van der Waals surface area contributed by atoms with E-state index in [0.717, 1.165) is 0 Å². The first kappa shape index (κ1) is 6.77. The Morgan fingerprint density at radius 3 is 3.18 bits per heavy atom. The minimum atomic E-state index is -0.158. The molecule has 0 aliphatic rings. The van der Waals surface area contributed by atoms with Crippen LogP contribution < -0.4 is 10.5 Å². The standard InChI is InChI=1S/C5H3IN4O/c6-5-9-2-3(10-5)7-1-8-4(2)11/h1H,(H2,7,8,9,10,11)/p+1. The lowest BCUT2D eigenvalue weighted by atomic mass is 10.6. The number of hydrogen-bond acceptors (Lipinski definition) is 2. The van der Waals surface area contributed by atoms with Gasteiger partial charge in [-0.15, -0.1) is 0 Å². The SMILES string of the molecule is O=c1[nH]c[nH+]c2nc(I)[nH]c12. The third kappa shape index (κ3) is 1.02. The summed E-state index contributed by atoms with van der Waals surface area (Å²) in [7, 11) is 0. The van der Waals surface area contributed by atoms with E-state index in [2.05, 4.69) is 19.9 Å². The molecule has 0 bridgehead atoms. The van der Waals surface area contributed by atoms with Gasteiger partial charge in [0.25, 0.3) is 5.65 Å². The summed E-state index contributed by atoms with van der Waals surface area (Å²) in [6, 6.07) is 0. The van der Waals surface area contributed by atoms with Crippen molar-refractivity contribution in [2.45, 2.75) is 0 Å². The van der Waals surface area contributed by atoms with Crippen LogP contribution in [0.25, 0.3) is 11.2 Å². The van der Waals surface area contributed by atoms with Crippen LogP contribution in [0.1, 0.15) is 0 Å². The van der Waals surface area contributed by atoms with Gasteiger partial charge < -0.3 is 4.98 Å². The molecule has 0 aliphatic carbocycles. The number of rotatable bonds is 0. The Morgan fingerprint density at radius 1 is 1.64 bits per heavy atom. The topological polar surface area (TPSA) is 75.7 Å². The maximum atomic E-state index is 11.0. The summed E-state index contributed by atoms with van der Waals surface area (Å²) in [5, 5.41) is 0. The van der Waals surface area contributed by atoms with Gasteiger partial charge in [-0.1, -0.05) is 4.98 Å². The molecular formula is C5H4IN4O+. The number of imidazole rings is 1. The van der Waals surface area contributed by atoms with Crippen molar-refractivity contribution in [1.82, 2.24) is 15.0 Å². The number of fused-ring (bicyclic) bond motifs is 1. The lowest BCUT2D eigenvalue weighted by Gasteiger charge is -1.76. The number of hydrogen-bond donors (Lipinski definition) is 2. The molecule has 0 spiro atoms. The van der Waals surface area contributed by atoms with E-state index in [-0.39, 0.29) is 5.56 Å². The predicted octanol–water partition coefficient (Wildman–Crippen LogP) is -0.330. The second kappa shape index (κ2) is 2.29. The van der Waals surface area contributed by atoms with Gasteiger partial charge in [0.15, 0.2) is 6.33 Å². The number of aromatic amines is 3. The van der Waals surface area contributed by atoms with Crippen molar-refractivity contribution >= 4 is 33.8 Å². The lowest BCUT2D eigenvalue weighted by Crippen LogP contribution is -2.15. The summed E-state index contributed by atoms with van der Waals surface area (Å²) in [4.78, 5) is 23.2. The summed E-state index contributed by atoms with van der Waals surface area (Å²) in [6.07, 6.45) is 1.46. The number of nitrogens with zero attached hydrogens (tertiary/aromatic N) is 1. The highest BCUT2D eigenvalue weighted by atomic mass is 127. The Hall–Kier alpha value is -0.920. The van der Waals surface area contributed by atoms with E-state index < -0.39 is 0 Å². The second-order valence-corrected chi connectivity index (χ2v) is 3.04. The molecule has 2 rings (SSSR count). The molecule has 0 fully saturated rings. The van der Waals surface area contributed by atoms with Crippen LogP contribution in [0.4, 0.5) is 0 Å². The number of halogens is 1. The highest BCUT2D eigenvalue weighted by molar-refractivity contribution is 14.1. The van der Waals surface area contributed by atoms with Crippen LogP contribution >= 0.6 is 22.6 Å². The first-order chi connectivity index (χ1) is 5.27. The lowest BCUT2D eigenvalue weighted by molar-refractivity contribution is -0.352. The third-order valence-electron chi connectivity index (χ3n) is 1.31. The molecule has 2 aromatic rings. The number of H-pyrrole nitrogens is 3. The van der Waals surface area contributed by atoms with Gasteiger partial charge >= 0.3 is 5.56 Å². The Morgan fingerprint density at radius 2 is 2.45 bits per heavy atom. The largest absolute Gasteiger partial charge is 0.334 e. The van der Waals surface area contributed by atoms with Crippen LogP contribution in [0.2, 0.25) is 0 Å². The van der Waals surface area contributed by atoms with Crippen molar-refractivity contribution in [2.75, 3.05) is 0 Å².